The molecule has 1 atom stereocenters. The molecule has 4 aromatic rings. The van der Waals surface area contributed by atoms with Gasteiger partial charge in [-0.1, -0.05) is 18.7 Å². The molecule has 0 saturated carbocycles. The number of nitrogens with zero attached hydrogens (tertiary/aromatic N) is 3. The molecule has 0 unspecified atom stereocenters. The van der Waals surface area contributed by atoms with Crippen LogP contribution in [0, 0.1) is 5.82 Å². The summed E-state index contributed by atoms with van der Waals surface area (Å²) in [7, 11) is 0. The van der Waals surface area contributed by atoms with Crippen molar-refractivity contribution in [2.24, 2.45) is 0 Å². The Morgan fingerprint density at radius 2 is 2.00 bits per heavy atom. The normalized spacial score (nSPS) is 15.8. The summed E-state index contributed by atoms with van der Waals surface area (Å²) in [5.41, 5.74) is 7.91. The summed E-state index contributed by atoms with van der Waals surface area (Å²) in [4.78, 5) is 26.8. The first-order valence-corrected chi connectivity index (χ1v) is 11.3. The molecule has 3 N–H and O–H groups in total. The number of likely N-dealkylation sites (tertiary alicyclic amines) is 1. The van der Waals surface area contributed by atoms with E-state index in [-0.39, 0.29) is 29.0 Å². The zero-order valence-electron chi connectivity index (χ0n) is 18.9. The summed E-state index contributed by atoms with van der Waals surface area (Å²) in [6.45, 7) is 4.73. The minimum Gasteiger partial charge on any atom is -0.454 e. The molecule has 0 bridgehead atoms. The Bertz CT molecular complexity index is 1470. The van der Waals surface area contributed by atoms with Crippen molar-refractivity contribution in [3.05, 3.63) is 89.1 Å². The second-order valence-electron chi connectivity index (χ2n) is 8.47. The number of nitrogens with two attached hydrogens (primary N) is 1. The fourth-order valence-electron chi connectivity index (χ4n) is 4.64. The van der Waals surface area contributed by atoms with Crippen LogP contribution in [0.4, 0.5) is 10.2 Å². The van der Waals surface area contributed by atoms with Crippen LogP contribution in [0.1, 0.15) is 24.3 Å². The fourth-order valence-corrected chi connectivity index (χ4v) is 4.64. The lowest BCUT2D eigenvalue weighted by molar-refractivity contribution is -0.127. The van der Waals surface area contributed by atoms with E-state index in [0.717, 1.165) is 24.1 Å². The second kappa shape index (κ2) is 9.09. The first-order valence-electron chi connectivity index (χ1n) is 11.3. The van der Waals surface area contributed by atoms with Crippen LogP contribution in [0.3, 0.4) is 0 Å². The van der Waals surface area contributed by atoms with Crippen molar-refractivity contribution >= 4 is 22.6 Å². The van der Waals surface area contributed by atoms with Gasteiger partial charge in [-0.3, -0.25) is 9.59 Å². The van der Waals surface area contributed by atoms with E-state index < -0.39 is 5.82 Å². The van der Waals surface area contributed by atoms with E-state index in [1.807, 2.05) is 10.8 Å². The Kier molecular flexibility index (Phi) is 5.82. The predicted molar refractivity (Wildman–Crippen MR) is 131 cm³/mol. The number of H-pyrrole nitrogens is 1. The Labute approximate surface area is 200 Å². The summed E-state index contributed by atoms with van der Waals surface area (Å²) in [6.07, 6.45) is 4.84. The first kappa shape index (κ1) is 22.4. The number of nitrogens with one attached hydrogen (secondary N) is 1. The van der Waals surface area contributed by atoms with Crippen molar-refractivity contribution in [1.29, 1.82) is 0 Å². The van der Waals surface area contributed by atoms with Gasteiger partial charge in [0.1, 0.15) is 11.3 Å². The van der Waals surface area contributed by atoms with Gasteiger partial charge in [-0.25, -0.2) is 9.49 Å². The van der Waals surface area contributed by atoms with Gasteiger partial charge in [0.05, 0.1) is 5.39 Å². The summed E-state index contributed by atoms with van der Waals surface area (Å²) in [5.74, 6) is 0.164. The fraction of sp³-hybridized carbons (Fsp3) is 0.192. The topological polar surface area (TPSA) is 106 Å². The molecular weight excluding hydrogens is 449 g/mol. The number of para-hydroxylation sites is 1. The number of hydrogen-bond acceptors (Lipinski definition) is 5. The van der Waals surface area contributed by atoms with Gasteiger partial charge >= 0.3 is 0 Å². The molecule has 0 spiro atoms. The first-order chi connectivity index (χ1) is 17.0. The third kappa shape index (κ3) is 4.16. The maximum absolute atomic E-state index is 13.9. The second-order valence-corrected chi connectivity index (χ2v) is 8.47. The standard InChI is InChI=1S/C26H24FN5O3/c1-2-22(33)31-13-5-6-16(14-31)19-15-32(24-23(19)26(34)30-29-25(24)28)17-9-11-18(12-10-17)35-21-8-4-3-7-20(21)27/h2-4,7-12,15-16H,1,5-6,13-14H2,(H2,28,29)(H,30,34)/t16-/m0/s1. The number of ether oxygens (including phenoxy) is 1. The van der Waals surface area contributed by atoms with E-state index in [4.69, 9.17) is 10.5 Å². The van der Waals surface area contributed by atoms with Crippen LogP contribution in [0.5, 0.6) is 11.5 Å². The van der Waals surface area contributed by atoms with Crippen molar-refractivity contribution in [3.8, 4) is 17.2 Å². The Morgan fingerprint density at radius 1 is 1.23 bits per heavy atom. The number of rotatable bonds is 5. The van der Waals surface area contributed by atoms with Crippen LogP contribution in [-0.2, 0) is 4.79 Å². The van der Waals surface area contributed by atoms with Crippen LogP contribution < -0.4 is 16.0 Å². The molecule has 35 heavy (non-hydrogen) atoms. The van der Waals surface area contributed by atoms with E-state index >= 15 is 0 Å². The number of anilines is 1. The van der Waals surface area contributed by atoms with Gasteiger partial charge < -0.3 is 19.9 Å². The largest absolute Gasteiger partial charge is 0.454 e. The number of aromatic amines is 1. The summed E-state index contributed by atoms with van der Waals surface area (Å²) >= 11 is 0. The zero-order valence-corrected chi connectivity index (χ0v) is 18.9. The summed E-state index contributed by atoms with van der Waals surface area (Å²) in [6, 6.07) is 13.2. The molecule has 1 amide bonds. The van der Waals surface area contributed by atoms with E-state index in [1.54, 1.807) is 47.4 Å². The molecule has 8 nitrogen and oxygen atoms in total. The number of piperidine rings is 1. The Morgan fingerprint density at radius 3 is 2.74 bits per heavy atom. The predicted octanol–water partition coefficient (Wildman–Crippen LogP) is 4.12. The average molecular weight is 474 g/mol. The van der Waals surface area contributed by atoms with Gasteiger partial charge in [-0.05, 0) is 60.9 Å². The van der Waals surface area contributed by atoms with Crippen molar-refractivity contribution in [1.82, 2.24) is 19.7 Å². The highest BCUT2D eigenvalue weighted by atomic mass is 19.1. The van der Waals surface area contributed by atoms with Crippen molar-refractivity contribution < 1.29 is 13.9 Å². The van der Waals surface area contributed by atoms with E-state index in [1.165, 1.54) is 12.1 Å². The number of amides is 1. The van der Waals surface area contributed by atoms with Gasteiger partial charge in [0.2, 0.25) is 5.91 Å². The van der Waals surface area contributed by atoms with Crippen LogP contribution in [0.25, 0.3) is 16.6 Å². The molecule has 1 saturated heterocycles. The van der Waals surface area contributed by atoms with Gasteiger partial charge in [0, 0.05) is 30.9 Å². The highest BCUT2D eigenvalue weighted by Crippen LogP contribution is 2.35. The third-order valence-electron chi connectivity index (χ3n) is 6.31. The average Bonchev–Trinajstić information content (AvgIpc) is 3.30. The van der Waals surface area contributed by atoms with Crippen molar-refractivity contribution in [3.63, 3.8) is 0 Å². The minimum atomic E-state index is -0.452. The van der Waals surface area contributed by atoms with E-state index in [9.17, 15) is 14.0 Å². The Hall–Kier alpha value is -4.40. The van der Waals surface area contributed by atoms with Gasteiger partial charge in [0.15, 0.2) is 17.4 Å². The molecule has 5 rings (SSSR count). The van der Waals surface area contributed by atoms with Crippen LogP contribution in [0.15, 0.2) is 72.2 Å². The Balaban J connectivity index is 1.54. The molecule has 0 radical (unpaired) electrons. The maximum Gasteiger partial charge on any atom is 0.274 e. The number of halogens is 1. The summed E-state index contributed by atoms with van der Waals surface area (Å²) in [5, 5.41) is 6.90. The number of benzene rings is 2. The van der Waals surface area contributed by atoms with Crippen LogP contribution >= 0.6 is 0 Å². The molecule has 1 aliphatic heterocycles. The van der Waals surface area contributed by atoms with Gasteiger partial charge in [-0.2, -0.15) is 5.10 Å². The molecule has 2 aromatic carbocycles. The molecule has 0 aliphatic carbocycles. The molecule has 178 valence electrons. The maximum atomic E-state index is 13.9. The number of aromatic nitrogens is 3. The van der Waals surface area contributed by atoms with Crippen molar-refractivity contribution in [2.45, 2.75) is 18.8 Å². The van der Waals surface area contributed by atoms with Crippen LogP contribution in [-0.4, -0.2) is 38.7 Å². The highest BCUT2D eigenvalue weighted by Gasteiger charge is 2.28. The molecule has 1 aliphatic rings. The van der Waals surface area contributed by atoms with E-state index in [0.29, 0.717) is 29.7 Å². The van der Waals surface area contributed by atoms with Gasteiger partial charge in [-0.15, -0.1) is 0 Å². The number of fused-ring (bicyclic) bond motifs is 1. The third-order valence-corrected chi connectivity index (χ3v) is 6.31. The SMILES string of the molecule is C=CC(=O)N1CCC[C@H](c2cn(-c3ccc(Oc4ccccc4F)cc3)c3c(N)n[nH]c(=O)c23)C1. The van der Waals surface area contributed by atoms with Gasteiger partial charge in [0.25, 0.3) is 5.56 Å². The lowest BCUT2D eigenvalue weighted by atomic mass is 9.90. The lowest BCUT2D eigenvalue weighted by Gasteiger charge is -2.32. The number of nitrogen functional groups attached to an aromatic ring is 1. The number of carbonyl (C=O) groups excluding carboxylic acids is 1. The number of carbonyl (C=O) groups is 1. The summed E-state index contributed by atoms with van der Waals surface area (Å²) < 4.78 is 21.4. The molecule has 9 heteroatoms. The lowest BCUT2D eigenvalue weighted by Crippen LogP contribution is -2.38. The molecule has 2 aromatic heterocycles. The molecule has 1 fully saturated rings. The minimum absolute atomic E-state index is 0.0389. The zero-order chi connectivity index (χ0) is 24.5. The smallest absolute Gasteiger partial charge is 0.274 e. The van der Waals surface area contributed by atoms with E-state index in [2.05, 4.69) is 16.8 Å². The quantitative estimate of drug-likeness (QED) is 0.424. The monoisotopic (exact) mass is 473 g/mol. The molecule has 3 heterocycles. The number of hydrogen-bond donors (Lipinski definition) is 2. The highest BCUT2D eigenvalue weighted by molar-refractivity contribution is 5.92. The molecular formula is C26H24FN5O3. The van der Waals surface area contributed by atoms with Crippen LogP contribution in [0.2, 0.25) is 0 Å². The van der Waals surface area contributed by atoms with Crippen molar-refractivity contribution in [2.75, 3.05) is 18.8 Å².